The van der Waals surface area contributed by atoms with Crippen LogP contribution in [0.3, 0.4) is 0 Å². The van der Waals surface area contributed by atoms with Crippen molar-refractivity contribution in [2.75, 3.05) is 7.05 Å². The molecule has 0 amide bonds. The number of rotatable bonds is 11. The molecule has 16 heavy (non-hydrogen) atoms. The van der Waals surface area contributed by atoms with Gasteiger partial charge < -0.3 is 5.32 Å². The Labute approximate surface area is 103 Å². The lowest BCUT2D eigenvalue weighted by Gasteiger charge is -2.22. The molecule has 1 heteroatoms. The molecule has 0 aromatic heterocycles. The van der Waals surface area contributed by atoms with Crippen molar-refractivity contribution in [2.45, 2.75) is 84.6 Å². The Morgan fingerprint density at radius 3 is 1.94 bits per heavy atom. The summed E-state index contributed by atoms with van der Waals surface area (Å²) in [5, 5.41) is 3.38. The molecule has 1 nitrogen and oxygen atoms in total. The second-order valence-corrected chi connectivity index (χ2v) is 5.16. The van der Waals surface area contributed by atoms with Crippen LogP contribution < -0.4 is 5.32 Å². The number of nitrogens with one attached hydrogen (secondary N) is 1. The Morgan fingerprint density at radius 1 is 0.875 bits per heavy atom. The fourth-order valence-corrected chi connectivity index (χ4v) is 2.41. The minimum atomic E-state index is 0.685. The molecule has 0 radical (unpaired) electrons. The van der Waals surface area contributed by atoms with Gasteiger partial charge in [0.25, 0.3) is 0 Å². The van der Waals surface area contributed by atoms with Crippen LogP contribution >= 0.6 is 0 Å². The molecule has 0 aliphatic carbocycles. The van der Waals surface area contributed by atoms with Gasteiger partial charge in [-0.1, -0.05) is 65.2 Å². The van der Waals surface area contributed by atoms with Gasteiger partial charge in [-0.15, -0.1) is 0 Å². The summed E-state index contributed by atoms with van der Waals surface area (Å²) in [5.41, 5.74) is 0. The largest absolute Gasteiger partial charge is 0.317 e. The maximum absolute atomic E-state index is 3.38. The van der Waals surface area contributed by atoms with E-state index in [-0.39, 0.29) is 0 Å². The highest BCUT2D eigenvalue weighted by Gasteiger charge is 2.12. The van der Waals surface area contributed by atoms with Gasteiger partial charge in [0, 0.05) is 6.04 Å². The molecule has 0 aliphatic heterocycles. The number of hydrogen-bond donors (Lipinski definition) is 1. The van der Waals surface area contributed by atoms with Gasteiger partial charge in [-0.3, -0.25) is 0 Å². The van der Waals surface area contributed by atoms with E-state index in [9.17, 15) is 0 Å². The smallest absolute Gasteiger partial charge is 0.00638 e. The van der Waals surface area contributed by atoms with Gasteiger partial charge in [0.2, 0.25) is 0 Å². The van der Waals surface area contributed by atoms with Crippen molar-refractivity contribution in [2.24, 2.45) is 5.92 Å². The summed E-state index contributed by atoms with van der Waals surface area (Å²) in [6.45, 7) is 6.92. The topological polar surface area (TPSA) is 12.0 Å². The van der Waals surface area contributed by atoms with Crippen molar-refractivity contribution in [1.82, 2.24) is 5.32 Å². The fourth-order valence-electron chi connectivity index (χ4n) is 2.41. The molecule has 0 fully saturated rings. The maximum atomic E-state index is 3.38. The normalized spacial score (nSPS) is 15.0. The lowest BCUT2D eigenvalue weighted by molar-refractivity contribution is 0.347. The number of unbranched alkanes of at least 4 members (excludes halogenated alkanes) is 6. The van der Waals surface area contributed by atoms with Gasteiger partial charge in [0.05, 0.1) is 0 Å². The van der Waals surface area contributed by atoms with E-state index < -0.39 is 0 Å². The van der Waals surface area contributed by atoms with E-state index in [1.165, 1.54) is 57.8 Å². The molecule has 1 N–H and O–H groups in total. The van der Waals surface area contributed by atoms with Crippen LogP contribution in [0.4, 0.5) is 0 Å². The van der Waals surface area contributed by atoms with Crippen LogP contribution in [0.1, 0.15) is 78.6 Å². The molecule has 0 bridgehead atoms. The quantitative estimate of drug-likeness (QED) is 0.502. The van der Waals surface area contributed by atoms with E-state index in [1.807, 2.05) is 0 Å². The summed E-state index contributed by atoms with van der Waals surface area (Å²) in [6, 6.07) is 0.685. The zero-order valence-electron chi connectivity index (χ0n) is 12.0. The van der Waals surface area contributed by atoms with E-state index in [2.05, 4.69) is 33.1 Å². The third-order valence-corrected chi connectivity index (χ3v) is 3.87. The van der Waals surface area contributed by atoms with Crippen LogP contribution in [0.5, 0.6) is 0 Å². The van der Waals surface area contributed by atoms with E-state index in [0.717, 1.165) is 5.92 Å². The van der Waals surface area contributed by atoms with E-state index in [0.29, 0.717) is 6.04 Å². The highest BCUT2D eigenvalue weighted by molar-refractivity contribution is 4.69. The summed E-state index contributed by atoms with van der Waals surface area (Å²) >= 11 is 0. The SMILES string of the molecule is CCCCCCCCCC(CC)C(C)NC. The molecule has 0 aromatic rings. The Morgan fingerprint density at radius 2 is 1.44 bits per heavy atom. The van der Waals surface area contributed by atoms with Crippen LogP contribution in [-0.2, 0) is 0 Å². The first-order valence-electron chi connectivity index (χ1n) is 7.43. The molecule has 0 saturated heterocycles. The highest BCUT2D eigenvalue weighted by Crippen LogP contribution is 2.18. The van der Waals surface area contributed by atoms with Gasteiger partial charge in [-0.25, -0.2) is 0 Å². The van der Waals surface area contributed by atoms with E-state index in [1.54, 1.807) is 0 Å². The van der Waals surface area contributed by atoms with Crippen LogP contribution in [-0.4, -0.2) is 13.1 Å². The molecule has 2 atom stereocenters. The minimum absolute atomic E-state index is 0.685. The standard InChI is InChI=1S/C15H33N/c1-5-7-8-9-10-11-12-13-15(6-2)14(3)16-4/h14-16H,5-13H2,1-4H3. The first-order chi connectivity index (χ1) is 7.76. The predicted octanol–water partition coefficient (Wildman–Crippen LogP) is 4.76. The molecular formula is C15H33N. The zero-order chi connectivity index (χ0) is 12.2. The van der Waals surface area contributed by atoms with E-state index in [4.69, 9.17) is 0 Å². The molecule has 98 valence electrons. The van der Waals surface area contributed by atoms with Crippen molar-refractivity contribution >= 4 is 0 Å². The summed E-state index contributed by atoms with van der Waals surface area (Å²) in [5.74, 6) is 0.876. The molecule has 2 unspecified atom stereocenters. The molecule has 0 aliphatic rings. The zero-order valence-corrected chi connectivity index (χ0v) is 12.0. The monoisotopic (exact) mass is 227 g/mol. The van der Waals surface area contributed by atoms with E-state index >= 15 is 0 Å². The molecule has 0 heterocycles. The van der Waals surface area contributed by atoms with Crippen LogP contribution in [0.15, 0.2) is 0 Å². The van der Waals surface area contributed by atoms with Gasteiger partial charge in [-0.05, 0) is 26.3 Å². The fraction of sp³-hybridized carbons (Fsp3) is 1.00. The van der Waals surface area contributed by atoms with Crippen molar-refractivity contribution in [3.8, 4) is 0 Å². The van der Waals surface area contributed by atoms with Gasteiger partial charge >= 0.3 is 0 Å². The van der Waals surface area contributed by atoms with Crippen molar-refractivity contribution in [3.05, 3.63) is 0 Å². The Hall–Kier alpha value is -0.0400. The summed E-state index contributed by atoms with van der Waals surface area (Å²) < 4.78 is 0. The van der Waals surface area contributed by atoms with Crippen molar-refractivity contribution < 1.29 is 0 Å². The minimum Gasteiger partial charge on any atom is -0.317 e. The Balaban J connectivity index is 3.34. The number of hydrogen-bond acceptors (Lipinski definition) is 1. The van der Waals surface area contributed by atoms with Crippen LogP contribution in [0.25, 0.3) is 0 Å². The summed E-state index contributed by atoms with van der Waals surface area (Å²) in [4.78, 5) is 0. The second kappa shape index (κ2) is 11.4. The van der Waals surface area contributed by atoms with Crippen molar-refractivity contribution in [1.29, 1.82) is 0 Å². The maximum Gasteiger partial charge on any atom is 0.00638 e. The first kappa shape index (κ1) is 16.0. The average Bonchev–Trinajstić information content (AvgIpc) is 2.32. The van der Waals surface area contributed by atoms with Crippen LogP contribution in [0.2, 0.25) is 0 Å². The van der Waals surface area contributed by atoms with Gasteiger partial charge in [0.1, 0.15) is 0 Å². The Kier molecular flexibility index (Phi) is 11.4. The molecule has 0 spiro atoms. The van der Waals surface area contributed by atoms with Crippen LogP contribution in [0, 0.1) is 5.92 Å². The predicted molar refractivity (Wildman–Crippen MR) is 74.9 cm³/mol. The second-order valence-electron chi connectivity index (χ2n) is 5.16. The third kappa shape index (κ3) is 8.15. The molecule has 0 rings (SSSR count). The molecular weight excluding hydrogens is 194 g/mol. The first-order valence-corrected chi connectivity index (χ1v) is 7.43. The lowest BCUT2D eigenvalue weighted by Crippen LogP contribution is -2.30. The highest BCUT2D eigenvalue weighted by atomic mass is 14.9. The summed E-state index contributed by atoms with van der Waals surface area (Å²) in [7, 11) is 2.08. The van der Waals surface area contributed by atoms with Crippen molar-refractivity contribution in [3.63, 3.8) is 0 Å². The Bertz CT molecular complexity index is 133. The molecule has 0 saturated carbocycles. The third-order valence-electron chi connectivity index (χ3n) is 3.87. The molecule has 0 aromatic carbocycles. The summed E-state index contributed by atoms with van der Waals surface area (Å²) in [6.07, 6.45) is 12.7. The lowest BCUT2D eigenvalue weighted by atomic mass is 9.92. The average molecular weight is 227 g/mol. The van der Waals surface area contributed by atoms with Gasteiger partial charge in [-0.2, -0.15) is 0 Å². The van der Waals surface area contributed by atoms with Gasteiger partial charge in [0.15, 0.2) is 0 Å².